The summed E-state index contributed by atoms with van der Waals surface area (Å²) in [4.78, 5) is 0. The second-order valence-electron chi connectivity index (χ2n) is 1.18. The first-order valence-electron chi connectivity index (χ1n) is 2.39. The molecule has 0 aromatic carbocycles. The lowest BCUT2D eigenvalue weighted by Crippen LogP contribution is -1.99. The molecular weight excluding hydrogens is 124 g/mol. The molecule has 4 heteroatoms. The maximum atomic E-state index is 6.44. The average molecular weight is 134 g/mol. The number of nitrogens with two attached hydrogens (primary N) is 1. The SMILES string of the molecule is N=COSCCCN. The van der Waals surface area contributed by atoms with Gasteiger partial charge in [0.2, 0.25) is 0 Å². The third-order valence-corrected chi connectivity index (χ3v) is 1.24. The molecule has 0 aromatic heterocycles. The fraction of sp³-hybridized carbons (Fsp3) is 0.750. The van der Waals surface area contributed by atoms with Crippen molar-refractivity contribution in [2.45, 2.75) is 6.42 Å². The molecule has 0 aliphatic carbocycles. The first-order valence-corrected chi connectivity index (χ1v) is 3.30. The zero-order valence-electron chi connectivity index (χ0n) is 4.59. The van der Waals surface area contributed by atoms with Gasteiger partial charge in [0.25, 0.3) is 0 Å². The second-order valence-corrected chi connectivity index (χ2v) is 2.01. The molecule has 0 amide bonds. The van der Waals surface area contributed by atoms with E-state index in [1.165, 1.54) is 12.0 Å². The molecule has 0 fully saturated rings. The second kappa shape index (κ2) is 6.78. The number of hydrogen-bond acceptors (Lipinski definition) is 4. The van der Waals surface area contributed by atoms with Crippen molar-refractivity contribution in [2.75, 3.05) is 12.3 Å². The zero-order chi connectivity index (χ0) is 6.24. The summed E-state index contributed by atoms with van der Waals surface area (Å²) in [5.41, 5.74) is 5.18. The van der Waals surface area contributed by atoms with Crippen molar-refractivity contribution in [3.63, 3.8) is 0 Å². The lowest BCUT2D eigenvalue weighted by atomic mass is 10.5. The van der Waals surface area contributed by atoms with E-state index in [-0.39, 0.29) is 0 Å². The summed E-state index contributed by atoms with van der Waals surface area (Å²) < 4.78 is 4.54. The summed E-state index contributed by atoms with van der Waals surface area (Å²) in [7, 11) is 0. The van der Waals surface area contributed by atoms with Crippen LogP contribution in [0.2, 0.25) is 0 Å². The van der Waals surface area contributed by atoms with Crippen LogP contribution in [0, 0.1) is 5.41 Å². The van der Waals surface area contributed by atoms with Crippen LogP contribution in [-0.4, -0.2) is 18.7 Å². The molecule has 0 unspecified atom stereocenters. The van der Waals surface area contributed by atoms with Gasteiger partial charge in [-0.3, -0.25) is 5.41 Å². The molecule has 0 aliphatic rings. The van der Waals surface area contributed by atoms with E-state index in [1.807, 2.05) is 0 Å². The zero-order valence-corrected chi connectivity index (χ0v) is 5.41. The molecule has 3 N–H and O–H groups in total. The molecule has 0 heterocycles. The first kappa shape index (κ1) is 7.78. The molecule has 0 rings (SSSR count). The van der Waals surface area contributed by atoms with Crippen LogP contribution >= 0.6 is 12.0 Å². The molecule has 0 spiro atoms. The molecule has 0 saturated carbocycles. The van der Waals surface area contributed by atoms with Crippen LogP contribution in [0.4, 0.5) is 0 Å². The van der Waals surface area contributed by atoms with Crippen molar-refractivity contribution in [3.05, 3.63) is 0 Å². The van der Waals surface area contributed by atoms with E-state index >= 15 is 0 Å². The van der Waals surface area contributed by atoms with Gasteiger partial charge in [0, 0.05) is 5.75 Å². The van der Waals surface area contributed by atoms with E-state index in [0.717, 1.165) is 18.6 Å². The van der Waals surface area contributed by atoms with Gasteiger partial charge in [0.1, 0.15) is 0 Å². The first-order chi connectivity index (χ1) is 3.91. The molecule has 0 saturated heterocycles. The van der Waals surface area contributed by atoms with E-state index < -0.39 is 0 Å². The van der Waals surface area contributed by atoms with Gasteiger partial charge in [0.15, 0.2) is 6.40 Å². The maximum Gasteiger partial charge on any atom is 0.183 e. The number of rotatable bonds is 5. The summed E-state index contributed by atoms with van der Waals surface area (Å²) in [6.45, 7) is 0.689. The summed E-state index contributed by atoms with van der Waals surface area (Å²) in [6.07, 6.45) is 1.86. The van der Waals surface area contributed by atoms with Gasteiger partial charge in [-0.05, 0) is 13.0 Å². The molecule has 0 bridgehead atoms. The van der Waals surface area contributed by atoms with Crippen LogP contribution in [0.25, 0.3) is 0 Å². The molecule has 8 heavy (non-hydrogen) atoms. The van der Waals surface area contributed by atoms with Crippen LogP contribution in [0.1, 0.15) is 6.42 Å². The van der Waals surface area contributed by atoms with Gasteiger partial charge in [-0.2, -0.15) is 0 Å². The Hall–Kier alpha value is -0.220. The van der Waals surface area contributed by atoms with Gasteiger partial charge >= 0.3 is 0 Å². The van der Waals surface area contributed by atoms with Crippen molar-refractivity contribution in [1.82, 2.24) is 0 Å². The van der Waals surface area contributed by atoms with Crippen molar-refractivity contribution in [2.24, 2.45) is 5.73 Å². The molecule has 3 nitrogen and oxygen atoms in total. The number of nitrogens with one attached hydrogen (secondary N) is 1. The summed E-state index contributed by atoms with van der Waals surface area (Å²) in [6, 6.07) is 0. The lowest BCUT2D eigenvalue weighted by molar-refractivity contribution is 0.664. The van der Waals surface area contributed by atoms with Crippen LogP contribution in [0.3, 0.4) is 0 Å². The third-order valence-electron chi connectivity index (χ3n) is 0.548. The molecule has 0 atom stereocenters. The maximum absolute atomic E-state index is 6.44. The minimum absolute atomic E-state index is 0.689. The Balaban J connectivity index is 2.62. The Kier molecular flexibility index (Phi) is 6.59. The van der Waals surface area contributed by atoms with Crippen molar-refractivity contribution in [1.29, 1.82) is 5.41 Å². The lowest BCUT2D eigenvalue weighted by Gasteiger charge is -1.92. The van der Waals surface area contributed by atoms with Crippen molar-refractivity contribution >= 4 is 18.4 Å². The number of hydrogen-bond donors (Lipinski definition) is 2. The smallest absolute Gasteiger partial charge is 0.183 e. The van der Waals surface area contributed by atoms with E-state index in [2.05, 4.69) is 4.18 Å². The topological polar surface area (TPSA) is 59.1 Å². The van der Waals surface area contributed by atoms with Gasteiger partial charge in [-0.15, -0.1) is 0 Å². The van der Waals surface area contributed by atoms with Crippen LogP contribution < -0.4 is 5.73 Å². The minimum atomic E-state index is 0.689. The van der Waals surface area contributed by atoms with Crippen molar-refractivity contribution < 1.29 is 4.18 Å². The van der Waals surface area contributed by atoms with Gasteiger partial charge in [-0.1, -0.05) is 0 Å². The monoisotopic (exact) mass is 134 g/mol. The highest BCUT2D eigenvalue weighted by molar-refractivity contribution is 7.94. The highest BCUT2D eigenvalue weighted by Crippen LogP contribution is 1.99. The Morgan fingerprint density at radius 2 is 2.50 bits per heavy atom. The predicted octanol–water partition coefficient (Wildman–Crippen LogP) is 0.607. The highest BCUT2D eigenvalue weighted by Gasteiger charge is 1.83. The van der Waals surface area contributed by atoms with Gasteiger partial charge < -0.3 is 9.92 Å². The average Bonchev–Trinajstić information content (AvgIpc) is 1.81. The Labute approximate surface area is 53.3 Å². The Morgan fingerprint density at radius 1 is 1.75 bits per heavy atom. The van der Waals surface area contributed by atoms with Crippen LogP contribution in [-0.2, 0) is 4.18 Å². The van der Waals surface area contributed by atoms with E-state index in [1.54, 1.807) is 0 Å². The molecule has 48 valence electrons. The third kappa shape index (κ3) is 5.78. The predicted molar refractivity (Wildman–Crippen MR) is 36.0 cm³/mol. The van der Waals surface area contributed by atoms with Crippen LogP contribution in [0.15, 0.2) is 0 Å². The fourth-order valence-electron chi connectivity index (χ4n) is 0.224. The van der Waals surface area contributed by atoms with Crippen molar-refractivity contribution in [3.8, 4) is 0 Å². The summed E-state index contributed by atoms with van der Waals surface area (Å²) in [5, 5.41) is 6.44. The van der Waals surface area contributed by atoms with E-state index in [0.29, 0.717) is 6.54 Å². The molecule has 0 radical (unpaired) electrons. The Bertz CT molecular complexity index is 60.0. The summed E-state index contributed by atoms with van der Waals surface area (Å²) >= 11 is 1.25. The highest BCUT2D eigenvalue weighted by atomic mass is 32.2. The molecule has 0 aromatic rings. The van der Waals surface area contributed by atoms with Gasteiger partial charge in [0.05, 0.1) is 12.0 Å². The minimum Gasteiger partial charge on any atom is -0.414 e. The standard InChI is InChI=1S/C4H10N2OS/c5-2-1-3-8-7-4-6/h4,6H,1-3,5H2. The Morgan fingerprint density at radius 3 is 3.00 bits per heavy atom. The fourth-order valence-corrected chi connectivity index (χ4v) is 0.673. The van der Waals surface area contributed by atoms with E-state index in [4.69, 9.17) is 11.1 Å². The quantitative estimate of drug-likeness (QED) is 0.250. The largest absolute Gasteiger partial charge is 0.414 e. The van der Waals surface area contributed by atoms with Gasteiger partial charge in [-0.25, -0.2) is 0 Å². The normalized spacial score (nSPS) is 8.62. The van der Waals surface area contributed by atoms with E-state index in [9.17, 15) is 0 Å². The molecular formula is C4H10N2OS. The summed E-state index contributed by atoms with van der Waals surface area (Å²) in [5.74, 6) is 0.867. The molecule has 0 aliphatic heterocycles. The van der Waals surface area contributed by atoms with Crippen LogP contribution in [0.5, 0.6) is 0 Å².